The van der Waals surface area contributed by atoms with E-state index in [9.17, 15) is 5.11 Å². The van der Waals surface area contributed by atoms with Crippen molar-refractivity contribution in [3.05, 3.63) is 68.7 Å². The number of halogens is 2. The van der Waals surface area contributed by atoms with E-state index in [0.29, 0.717) is 16.5 Å². The van der Waals surface area contributed by atoms with Crippen LogP contribution in [0.25, 0.3) is 0 Å². The van der Waals surface area contributed by atoms with E-state index < -0.39 is 6.10 Å². The van der Waals surface area contributed by atoms with E-state index >= 15 is 0 Å². The third-order valence-electron chi connectivity index (χ3n) is 3.06. The van der Waals surface area contributed by atoms with Crippen molar-refractivity contribution in [3.63, 3.8) is 0 Å². The maximum atomic E-state index is 10.3. The summed E-state index contributed by atoms with van der Waals surface area (Å²) in [5.41, 5.74) is 4.12. The highest BCUT2D eigenvalue weighted by Gasteiger charge is 2.12. The highest BCUT2D eigenvalue weighted by atomic mass is 35.5. The topological polar surface area (TPSA) is 20.2 Å². The number of aryl methyl sites for hydroxylation is 2. The second kappa shape index (κ2) is 5.96. The second-order valence-corrected chi connectivity index (χ2v) is 5.72. The van der Waals surface area contributed by atoms with Gasteiger partial charge in [-0.05, 0) is 37.1 Å². The molecule has 0 saturated heterocycles. The predicted octanol–water partition coefficient (Wildman–Crippen LogP) is 4.89. The van der Waals surface area contributed by atoms with Crippen molar-refractivity contribution in [1.29, 1.82) is 0 Å². The minimum Gasteiger partial charge on any atom is -0.388 e. The van der Waals surface area contributed by atoms with Crippen molar-refractivity contribution in [2.75, 3.05) is 0 Å². The molecule has 0 fully saturated rings. The normalized spacial score (nSPS) is 12.5. The average molecular weight is 295 g/mol. The summed E-state index contributed by atoms with van der Waals surface area (Å²) >= 11 is 12.0. The van der Waals surface area contributed by atoms with Gasteiger partial charge in [0.25, 0.3) is 0 Å². The third-order valence-corrected chi connectivity index (χ3v) is 3.64. The highest BCUT2D eigenvalue weighted by molar-refractivity contribution is 6.35. The van der Waals surface area contributed by atoms with Crippen molar-refractivity contribution >= 4 is 23.2 Å². The summed E-state index contributed by atoms with van der Waals surface area (Å²) in [7, 11) is 0. The Morgan fingerprint density at radius 3 is 2.21 bits per heavy atom. The van der Waals surface area contributed by atoms with Gasteiger partial charge in [-0.1, -0.05) is 58.6 Å². The summed E-state index contributed by atoms with van der Waals surface area (Å²) in [5, 5.41) is 11.5. The van der Waals surface area contributed by atoms with Gasteiger partial charge in [-0.2, -0.15) is 0 Å². The lowest BCUT2D eigenvalue weighted by molar-refractivity contribution is 0.178. The zero-order valence-corrected chi connectivity index (χ0v) is 12.5. The number of rotatable bonds is 3. The molecule has 100 valence electrons. The van der Waals surface area contributed by atoms with Gasteiger partial charge in [-0.15, -0.1) is 0 Å². The molecule has 0 aliphatic heterocycles. The molecule has 19 heavy (non-hydrogen) atoms. The minimum absolute atomic E-state index is 0.485. The van der Waals surface area contributed by atoms with E-state index in [-0.39, 0.29) is 0 Å². The predicted molar refractivity (Wildman–Crippen MR) is 81.0 cm³/mol. The molecule has 0 aliphatic rings. The van der Waals surface area contributed by atoms with E-state index in [0.717, 1.165) is 22.3 Å². The number of hydrogen-bond donors (Lipinski definition) is 1. The van der Waals surface area contributed by atoms with Gasteiger partial charge in [0.15, 0.2) is 0 Å². The third kappa shape index (κ3) is 3.73. The fraction of sp³-hybridized carbons (Fsp3) is 0.250. The monoisotopic (exact) mass is 294 g/mol. The molecule has 3 heteroatoms. The van der Waals surface area contributed by atoms with Crippen LogP contribution in [0.3, 0.4) is 0 Å². The first-order valence-electron chi connectivity index (χ1n) is 6.16. The van der Waals surface area contributed by atoms with Crippen molar-refractivity contribution in [2.45, 2.75) is 26.4 Å². The first kappa shape index (κ1) is 14.4. The fourth-order valence-corrected chi connectivity index (χ4v) is 2.70. The molecule has 0 amide bonds. The van der Waals surface area contributed by atoms with E-state index in [1.54, 1.807) is 12.1 Å². The Balaban J connectivity index is 2.22. The standard InChI is InChI=1S/C16H16Cl2O/c1-10-5-11(2)7-13(6-10)16(19)8-12-3-4-14(17)9-15(12)18/h3-7,9,16,19H,8H2,1-2H3. The Hall–Kier alpha value is -1.02. The molecule has 0 aliphatic carbocycles. The van der Waals surface area contributed by atoms with Gasteiger partial charge in [-0.25, -0.2) is 0 Å². The summed E-state index contributed by atoms with van der Waals surface area (Å²) in [4.78, 5) is 0. The van der Waals surface area contributed by atoms with Crippen LogP contribution < -0.4 is 0 Å². The minimum atomic E-state index is -0.558. The van der Waals surface area contributed by atoms with E-state index in [2.05, 4.69) is 6.07 Å². The Bertz CT molecular complexity index is 573. The zero-order chi connectivity index (χ0) is 14.0. The quantitative estimate of drug-likeness (QED) is 0.855. The maximum Gasteiger partial charge on any atom is 0.0831 e. The van der Waals surface area contributed by atoms with E-state index in [1.807, 2.05) is 32.0 Å². The van der Waals surface area contributed by atoms with Crippen LogP contribution in [0.2, 0.25) is 10.0 Å². The van der Waals surface area contributed by atoms with Gasteiger partial charge in [0.1, 0.15) is 0 Å². The molecule has 1 atom stereocenters. The molecule has 0 heterocycles. The van der Waals surface area contributed by atoms with E-state index in [1.165, 1.54) is 0 Å². The lowest BCUT2D eigenvalue weighted by Crippen LogP contribution is -2.03. The molecule has 2 rings (SSSR count). The molecule has 0 spiro atoms. The van der Waals surface area contributed by atoms with Gasteiger partial charge in [0.05, 0.1) is 6.10 Å². The molecule has 2 aromatic carbocycles. The SMILES string of the molecule is Cc1cc(C)cc(C(O)Cc2ccc(Cl)cc2Cl)c1. The molecule has 0 saturated carbocycles. The lowest BCUT2D eigenvalue weighted by atomic mass is 9.98. The molecule has 0 bridgehead atoms. The van der Waals surface area contributed by atoms with Crippen molar-refractivity contribution in [2.24, 2.45) is 0 Å². The maximum absolute atomic E-state index is 10.3. The molecule has 0 aromatic heterocycles. The average Bonchev–Trinajstić information content (AvgIpc) is 2.31. The van der Waals surface area contributed by atoms with Crippen molar-refractivity contribution in [3.8, 4) is 0 Å². The summed E-state index contributed by atoms with van der Waals surface area (Å²) < 4.78 is 0. The Morgan fingerprint density at radius 2 is 1.63 bits per heavy atom. The van der Waals surface area contributed by atoms with Crippen LogP contribution in [-0.2, 0) is 6.42 Å². The second-order valence-electron chi connectivity index (χ2n) is 4.88. The smallest absolute Gasteiger partial charge is 0.0831 e. The van der Waals surface area contributed by atoms with Crippen LogP contribution in [0, 0.1) is 13.8 Å². The van der Waals surface area contributed by atoms with Crippen LogP contribution in [0.4, 0.5) is 0 Å². The number of aliphatic hydroxyl groups is 1. The lowest BCUT2D eigenvalue weighted by Gasteiger charge is -2.14. The summed E-state index contributed by atoms with van der Waals surface area (Å²) in [6, 6.07) is 11.4. The molecule has 0 radical (unpaired) electrons. The molecule has 1 unspecified atom stereocenters. The van der Waals surface area contributed by atoms with Gasteiger partial charge >= 0.3 is 0 Å². The first-order chi connectivity index (χ1) is 8.95. The van der Waals surface area contributed by atoms with Gasteiger partial charge in [0, 0.05) is 16.5 Å². The van der Waals surface area contributed by atoms with Crippen LogP contribution in [0.1, 0.15) is 28.4 Å². The Kier molecular flexibility index (Phi) is 4.51. The molecule has 1 nitrogen and oxygen atoms in total. The Morgan fingerprint density at radius 1 is 1.00 bits per heavy atom. The van der Waals surface area contributed by atoms with E-state index in [4.69, 9.17) is 23.2 Å². The number of hydrogen-bond acceptors (Lipinski definition) is 1. The molecular formula is C16H16Cl2O. The zero-order valence-electron chi connectivity index (χ0n) is 11.0. The van der Waals surface area contributed by atoms with Crippen LogP contribution in [-0.4, -0.2) is 5.11 Å². The number of aliphatic hydroxyl groups excluding tert-OH is 1. The van der Waals surface area contributed by atoms with Gasteiger partial charge in [0.2, 0.25) is 0 Å². The van der Waals surface area contributed by atoms with Gasteiger partial charge < -0.3 is 5.11 Å². The van der Waals surface area contributed by atoms with Crippen molar-refractivity contribution < 1.29 is 5.11 Å². The van der Waals surface area contributed by atoms with Crippen LogP contribution in [0.5, 0.6) is 0 Å². The first-order valence-corrected chi connectivity index (χ1v) is 6.91. The number of benzene rings is 2. The van der Waals surface area contributed by atoms with Crippen LogP contribution in [0.15, 0.2) is 36.4 Å². The summed E-state index contributed by atoms with van der Waals surface area (Å²) in [5.74, 6) is 0. The van der Waals surface area contributed by atoms with Crippen LogP contribution >= 0.6 is 23.2 Å². The largest absolute Gasteiger partial charge is 0.388 e. The molecule has 2 aromatic rings. The summed E-state index contributed by atoms with van der Waals surface area (Å²) in [6.45, 7) is 4.05. The molecule has 1 N–H and O–H groups in total. The Labute approximate surface area is 123 Å². The fourth-order valence-electron chi connectivity index (χ4n) is 2.22. The van der Waals surface area contributed by atoms with Crippen molar-refractivity contribution in [1.82, 2.24) is 0 Å². The molecular weight excluding hydrogens is 279 g/mol. The van der Waals surface area contributed by atoms with Gasteiger partial charge in [-0.3, -0.25) is 0 Å². The summed E-state index contributed by atoms with van der Waals surface area (Å²) in [6.07, 6.45) is -0.0731. The highest BCUT2D eigenvalue weighted by Crippen LogP contribution is 2.27.